The molecular formula is C18H26N6O2. The number of aryl methyl sites for hydroxylation is 1. The van der Waals surface area contributed by atoms with Gasteiger partial charge in [-0.3, -0.25) is 4.57 Å². The van der Waals surface area contributed by atoms with Crippen molar-refractivity contribution in [2.24, 2.45) is 0 Å². The van der Waals surface area contributed by atoms with Crippen LogP contribution >= 0.6 is 0 Å². The molecule has 1 atom stereocenters. The maximum Gasteiger partial charge on any atom is 0.319 e. The average Bonchev–Trinajstić information content (AvgIpc) is 3.15. The van der Waals surface area contributed by atoms with E-state index in [1.807, 2.05) is 25.1 Å². The number of urea groups is 1. The Hall–Kier alpha value is -2.45. The lowest BCUT2D eigenvalue weighted by Gasteiger charge is -2.29. The number of aliphatic hydroxyl groups excluding tert-OH is 1. The molecule has 8 heteroatoms. The first-order chi connectivity index (χ1) is 12.6. The van der Waals surface area contributed by atoms with Gasteiger partial charge >= 0.3 is 6.03 Å². The number of hydrogen-bond donors (Lipinski definition) is 3. The van der Waals surface area contributed by atoms with Gasteiger partial charge in [0.2, 0.25) is 0 Å². The van der Waals surface area contributed by atoms with Gasteiger partial charge in [-0.1, -0.05) is 6.07 Å². The minimum Gasteiger partial charge on any atom is -0.392 e. The second-order valence-electron chi connectivity index (χ2n) is 6.70. The van der Waals surface area contributed by atoms with Crippen LogP contribution in [0, 0.1) is 6.92 Å². The molecule has 2 aromatic rings. The van der Waals surface area contributed by atoms with E-state index in [4.69, 9.17) is 0 Å². The second kappa shape index (κ2) is 8.77. The van der Waals surface area contributed by atoms with Gasteiger partial charge in [0.05, 0.1) is 11.8 Å². The lowest BCUT2D eigenvalue weighted by atomic mass is 10.1. The number of anilines is 1. The van der Waals surface area contributed by atoms with E-state index in [0.717, 1.165) is 55.8 Å². The monoisotopic (exact) mass is 358 g/mol. The van der Waals surface area contributed by atoms with Crippen LogP contribution in [0.3, 0.4) is 0 Å². The van der Waals surface area contributed by atoms with Crippen molar-refractivity contribution in [1.29, 1.82) is 0 Å². The van der Waals surface area contributed by atoms with Crippen molar-refractivity contribution in [2.45, 2.75) is 32.3 Å². The highest BCUT2D eigenvalue weighted by Crippen LogP contribution is 2.19. The number of carbonyl (C=O) groups is 1. The van der Waals surface area contributed by atoms with Gasteiger partial charge in [0.15, 0.2) is 0 Å². The van der Waals surface area contributed by atoms with Gasteiger partial charge in [-0.15, -0.1) is 10.2 Å². The van der Waals surface area contributed by atoms with Crippen LogP contribution in [0.5, 0.6) is 0 Å². The van der Waals surface area contributed by atoms with Gasteiger partial charge in [-0.25, -0.2) is 4.79 Å². The first kappa shape index (κ1) is 18.3. The first-order valence-corrected chi connectivity index (χ1v) is 9.03. The molecule has 26 heavy (non-hydrogen) atoms. The Labute approximate surface area is 153 Å². The molecule has 1 saturated heterocycles. The molecule has 1 aromatic carbocycles. The van der Waals surface area contributed by atoms with Gasteiger partial charge in [-0.05, 0) is 57.0 Å². The Morgan fingerprint density at radius 2 is 2.15 bits per heavy atom. The third-order valence-corrected chi connectivity index (χ3v) is 4.60. The number of aliphatic hydroxyl groups is 1. The Bertz CT molecular complexity index is 718. The second-order valence-corrected chi connectivity index (χ2v) is 6.70. The average molecular weight is 358 g/mol. The van der Waals surface area contributed by atoms with E-state index in [1.165, 1.54) is 0 Å². The SMILES string of the molecule is Cc1ccc(-n2cnnc2)cc1NC(=O)NCCCN1CCC[C@@H](O)C1. The zero-order valence-corrected chi connectivity index (χ0v) is 15.1. The van der Waals surface area contributed by atoms with Crippen molar-refractivity contribution in [3.8, 4) is 5.69 Å². The highest BCUT2D eigenvalue weighted by atomic mass is 16.3. The number of carbonyl (C=O) groups excluding carboxylic acids is 1. The summed E-state index contributed by atoms with van der Waals surface area (Å²) in [5.41, 5.74) is 2.63. The molecule has 0 spiro atoms. The van der Waals surface area contributed by atoms with E-state index in [0.29, 0.717) is 6.54 Å². The first-order valence-electron chi connectivity index (χ1n) is 9.03. The number of β-amino-alcohol motifs (C(OH)–C–C–N with tert-alkyl or cyclic N) is 1. The fourth-order valence-corrected chi connectivity index (χ4v) is 3.14. The molecule has 0 radical (unpaired) electrons. The minimum atomic E-state index is -0.215. The molecule has 2 amide bonds. The van der Waals surface area contributed by atoms with Crippen LogP contribution in [0.4, 0.5) is 10.5 Å². The molecule has 1 fully saturated rings. The standard InChI is InChI=1S/C18H26N6O2/c1-14-5-6-15(24-12-20-21-13-24)10-17(14)22-18(26)19-7-3-9-23-8-2-4-16(25)11-23/h5-6,10,12-13,16,25H,2-4,7-9,11H2,1H3,(H2,19,22,26)/t16-/m1/s1. The molecule has 0 aliphatic carbocycles. The zero-order chi connectivity index (χ0) is 18.4. The van der Waals surface area contributed by atoms with Crippen LogP contribution in [-0.4, -0.2) is 63.1 Å². The van der Waals surface area contributed by atoms with Crippen molar-refractivity contribution in [2.75, 3.05) is 31.5 Å². The lowest BCUT2D eigenvalue weighted by Crippen LogP contribution is -2.40. The number of hydrogen-bond acceptors (Lipinski definition) is 5. The summed E-state index contributed by atoms with van der Waals surface area (Å²) in [6, 6.07) is 5.59. The highest BCUT2D eigenvalue weighted by Gasteiger charge is 2.16. The van der Waals surface area contributed by atoms with Crippen molar-refractivity contribution in [3.63, 3.8) is 0 Å². The number of aromatic nitrogens is 3. The van der Waals surface area contributed by atoms with E-state index in [1.54, 1.807) is 17.2 Å². The number of likely N-dealkylation sites (tertiary alicyclic amines) is 1. The summed E-state index contributed by atoms with van der Waals surface area (Å²) in [6.45, 7) is 5.20. The molecule has 140 valence electrons. The molecule has 1 aromatic heterocycles. The fourth-order valence-electron chi connectivity index (χ4n) is 3.14. The van der Waals surface area contributed by atoms with Crippen LogP contribution in [0.15, 0.2) is 30.9 Å². The Morgan fingerprint density at radius 3 is 2.92 bits per heavy atom. The van der Waals surface area contributed by atoms with E-state index in [-0.39, 0.29) is 12.1 Å². The molecule has 2 heterocycles. The molecule has 0 saturated carbocycles. The zero-order valence-electron chi connectivity index (χ0n) is 15.1. The van der Waals surface area contributed by atoms with Crippen molar-refractivity contribution in [1.82, 2.24) is 25.0 Å². The molecule has 1 aliphatic rings. The van der Waals surface area contributed by atoms with E-state index in [2.05, 4.69) is 25.7 Å². The normalized spacial score (nSPS) is 17.8. The van der Waals surface area contributed by atoms with Crippen LogP contribution in [0.2, 0.25) is 0 Å². The van der Waals surface area contributed by atoms with Crippen molar-refractivity contribution in [3.05, 3.63) is 36.4 Å². The van der Waals surface area contributed by atoms with Crippen LogP contribution in [0.1, 0.15) is 24.8 Å². The predicted octanol–water partition coefficient (Wildman–Crippen LogP) is 1.54. The molecule has 3 rings (SSSR count). The molecule has 3 N–H and O–H groups in total. The third-order valence-electron chi connectivity index (χ3n) is 4.60. The molecule has 8 nitrogen and oxygen atoms in total. The number of nitrogens with zero attached hydrogens (tertiary/aromatic N) is 4. The number of nitrogens with one attached hydrogen (secondary N) is 2. The number of piperidine rings is 1. The fraction of sp³-hybridized carbons (Fsp3) is 0.500. The maximum atomic E-state index is 12.2. The number of amides is 2. The van der Waals surface area contributed by atoms with Gasteiger partial charge in [0.1, 0.15) is 12.7 Å². The summed E-state index contributed by atoms with van der Waals surface area (Å²) >= 11 is 0. The Balaban J connectivity index is 1.45. The number of benzene rings is 1. The predicted molar refractivity (Wildman–Crippen MR) is 99.4 cm³/mol. The smallest absolute Gasteiger partial charge is 0.319 e. The summed E-state index contributed by atoms with van der Waals surface area (Å²) < 4.78 is 1.79. The third kappa shape index (κ3) is 5.03. The van der Waals surface area contributed by atoms with Gasteiger partial charge < -0.3 is 20.6 Å². The van der Waals surface area contributed by atoms with Crippen LogP contribution < -0.4 is 10.6 Å². The highest BCUT2D eigenvalue weighted by molar-refractivity contribution is 5.90. The van der Waals surface area contributed by atoms with Crippen molar-refractivity contribution >= 4 is 11.7 Å². The quantitative estimate of drug-likeness (QED) is 0.681. The van der Waals surface area contributed by atoms with Crippen molar-refractivity contribution < 1.29 is 9.90 Å². The molecular weight excluding hydrogens is 332 g/mol. The van der Waals surface area contributed by atoms with E-state index < -0.39 is 0 Å². The molecule has 0 unspecified atom stereocenters. The minimum absolute atomic E-state index is 0.207. The lowest BCUT2D eigenvalue weighted by molar-refractivity contribution is 0.0703. The Kier molecular flexibility index (Phi) is 6.19. The summed E-state index contributed by atoms with van der Waals surface area (Å²) in [4.78, 5) is 14.4. The van der Waals surface area contributed by atoms with Crippen LogP contribution in [-0.2, 0) is 0 Å². The summed E-state index contributed by atoms with van der Waals surface area (Å²) in [5, 5.41) is 23.1. The van der Waals surface area contributed by atoms with Gasteiger partial charge in [0, 0.05) is 18.8 Å². The van der Waals surface area contributed by atoms with Crippen LogP contribution in [0.25, 0.3) is 5.69 Å². The van der Waals surface area contributed by atoms with E-state index in [9.17, 15) is 9.90 Å². The summed E-state index contributed by atoms with van der Waals surface area (Å²) in [5.74, 6) is 0. The molecule has 1 aliphatic heterocycles. The largest absolute Gasteiger partial charge is 0.392 e. The Morgan fingerprint density at radius 1 is 1.35 bits per heavy atom. The summed E-state index contributed by atoms with van der Waals surface area (Å²) in [7, 11) is 0. The summed E-state index contributed by atoms with van der Waals surface area (Å²) in [6.07, 6.45) is 5.82. The van der Waals surface area contributed by atoms with Gasteiger partial charge in [0.25, 0.3) is 0 Å². The maximum absolute atomic E-state index is 12.2. The van der Waals surface area contributed by atoms with E-state index >= 15 is 0 Å². The molecule has 0 bridgehead atoms. The topological polar surface area (TPSA) is 95.3 Å². The van der Waals surface area contributed by atoms with Gasteiger partial charge in [-0.2, -0.15) is 0 Å². The number of rotatable bonds is 6.